The maximum absolute atomic E-state index is 11.4. The van der Waals surface area contributed by atoms with E-state index in [1.54, 1.807) is 4.90 Å². The van der Waals surface area contributed by atoms with E-state index in [2.05, 4.69) is 5.32 Å². The van der Waals surface area contributed by atoms with Crippen LogP contribution in [0.15, 0.2) is 0 Å². The summed E-state index contributed by atoms with van der Waals surface area (Å²) < 4.78 is 0. The molecule has 5 heteroatoms. The fraction of sp³-hybridized carbons (Fsp3) is 0.800. The lowest BCUT2D eigenvalue weighted by Crippen LogP contribution is -2.44. The molecule has 88 valence electrons. The second kappa shape index (κ2) is 6.40. The smallest absolute Gasteiger partial charge is 0.317 e. The minimum absolute atomic E-state index is 0.0408. The molecule has 0 fully saturated rings. The summed E-state index contributed by atoms with van der Waals surface area (Å²) in [6.07, 6.45) is 0. The number of carbonyl (C=O) groups is 2. The molecular formula is C10H20N2O3. The second-order valence-electron chi connectivity index (χ2n) is 4.11. The Morgan fingerprint density at radius 3 is 2.07 bits per heavy atom. The molecule has 0 aromatic rings. The van der Waals surface area contributed by atoms with Gasteiger partial charge in [0, 0.05) is 12.1 Å². The van der Waals surface area contributed by atoms with E-state index in [0.717, 1.165) is 0 Å². The zero-order chi connectivity index (χ0) is 12.0. The van der Waals surface area contributed by atoms with Gasteiger partial charge in [-0.05, 0) is 27.7 Å². The number of carboxylic acid groups (broad SMARTS) is 1. The van der Waals surface area contributed by atoms with Gasteiger partial charge < -0.3 is 10.4 Å². The molecule has 1 amide bonds. The number of aliphatic carboxylic acids is 1. The van der Waals surface area contributed by atoms with E-state index in [4.69, 9.17) is 5.11 Å². The van der Waals surface area contributed by atoms with Crippen LogP contribution in [0.4, 0.5) is 0 Å². The van der Waals surface area contributed by atoms with Crippen molar-refractivity contribution < 1.29 is 14.7 Å². The van der Waals surface area contributed by atoms with Crippen LogP contribution in [-0.2, 0) is 9.59 Å². The molecule has 0 saturated heterocycles. The molecule has 2 N–H and O–H groups in total. The summed E-state index contributed by atoms with van der Waals surface area (Å²) in [5, 5.41) is 11.4. The van der Waals surface area contributed by atoms with Crippen LogP contribution in [0.1, 0.15) is 27.7 Å². The lowest BCUT2D eigenvalue weighted by atomic mass is 10.3. The Labute approximate surface area is 90.5 Å². The molecule has 0 saturated carbocycles. The van der Waals surface area contributed by atoms with E-state index in [9.17, 15) is 9.59 Å². The van der Waals surface area contributed by atoms with E-state index in [-0.39, 0.29) is 31.1 Å². The van der Waals surface area contributed by atoms with Crippen LogP contribution in [0.2, 0.25) is 0 Å². The highest BCUT2D eigenvalue weighted by Crippen LogP contribution is 1.97. The Bertz CT molecular complexity index is 227. The van der Waals surface area contributed by atoms with E-state index in [0.29, 0.717) is 0 Å². The topological polar surface area (TPSA) is 69.6 Å². The molecule has 0 radical (unpaired) electrons. The second-order valence-corrected chi connectivity index (χ2v) is 4.11. The lowest BCUT2D eigenvalue weighted by molar-refractivity contribution is -0.139. The van der Waals surface area contributed by atoms with Gasteiger partial charge in [0.15, 0.2) is 0 Å². The Morgan fingerprint density at radius 2 is 1.73 bits per heavy atom. The van der Waals surface area contributed by atoms with Gasteiger partial charge in [0.2, 0.25) is 5.91 Å². The van der Waals surface area contributed by atoms with Crippen molar-refractivity contribution in [3.8, 4) is 0 Å². The lowest BCUT2D eigenvalue weighted by Gasteiger charge is -2.24. The predicted molar refractivity (Wildman–Crippen MR) is 57.6 cm³/mol. The van der Waals surface area contributed by atoms with E-state index >= 15 is 0 Å². The van der Waals surface area contributed by atoms with Gasteiger partial charge in [-0.2, -0.15) is 0 Å². The maximum Gasteiger partial charge on any atom is 0.317 e. The molecule has 0 aliphatic heterocycles. The predicted octanol–water partition coefficient (Wildman–Crippen LogP) is 0.306. The molecular weight excluding hydrogens is 196 g/mol. The third-order valence-corrected chi connectivity index (χ3v) is 1.87. The van der Waals surface area contributed by atoms with Crippen molar-refractivity contribution in [2.24, 2.45) is 0 Å². The molecule has 0 spiro atoms. The molecule has 0 aliphatic carbocycles. The van der Waals surface area contributed by atoms with E-state index in [1.165, 1.54) is 0 Å². The van der Waals surface area contributed by atoms with Crippen LogP contribution >= 0.6 is 0 Å². The molecule has 0 rings (SSSR count). The van der Waals surface area contributed by atoms with Crippen LogP contribution in [0, 0.1) is 0 Å². The molecule has 0 bridgehead atoms. The Morgan fingerprint density at radius 1 is 1.20 bits per heavy atom. The Balaban J connectivity index is 4.16. The van der Waals surface area contributed by atoms with Crippen LogP contribution < -0.4 is 5.32 Å². The molecule has 0 unspecified atom stereocenters. The highest BCUT2D eigenvalue weighted by Gasteiger charge is 2.16. The van der Waals surface area contributed by atoms with E-state index in [1.807, 2.05) is 27.7 Å². The minimum Gasteiger partial charge on any atom is -0.480 e. The van der Waals surface area contributed by atoms with Crippen molar-refractivity contribution in [3.05, 3.63) is 0 Å². The van der Waals surface area contributed by atoms with Crippen molar-refractivity contribution in [2.75, 3.05) is 13.1 Å². The van der Waals surface area contributed by atoms with Crippen LogP contribution in [0.3, 0.4) is 0 Å². The summed E-state index contributed by atoms with van der Waals surface area (Å²) in [6.45, 7) is 7.49. The Kier molecular flexibility index (Phi) is 5.93. The molecule has 0 atom stereocenters. The Hall–Kier alpha value is -1.10. The van der Waals surface area contributed by atoms with Crippen LogP contribution in [-0.4, -0.2) is 47.1 Å². The summed E-state index contributed by atoms with van der Waals surface area (Å²) in [5.41, 5.74) is 0. The normalized spacial score (nSPS) is 11.1. The monoisotopic (exact) mass is 216 g/mol. The van der Waals surface area contributed by atoms with Gasteiger partial charge in [0.1, 0.15) is 0 Å². The first-order chi connectivity index (χ1) is 6.82. The number of nitrogens with zero attached hydrogens (tertiary/aromatic N) is 1. The summed E-state index contributed by atoms with van der Waals surface area (Å²) >= 11 is 0. The first kappa shape index (κ1) is 13.9. The van der Waals surface area contributed by atoms with Crippen molar-refractivity contribution in [2.45, 2.75) is 39.8 Å². The fourth-order valence-electron chi connectivity index (χ4n) is 1.15. The number of carbonyl (C=O) groups excluding carboxylic acids is 1. The first-order valence-corrected chi connectivity index (χ1v) is 5.08. The fourth-order valence-corrected chi connectivity index (χ4v) is 1.15. The van der Waals surface area contributed by atoms with Gasteiger partial charge in [-0.1, -0.05) is 0 Å². The largest absolute Gasteiger partial charge is 0.480 e. The molecule has 15 heavy (non-hydrogen) atoms. The standard InChI is InChI=1S/C10H20N2O3/c1-7(2)11-9(13)5-12(8(3)4)6-10(14)15/h7-8H,5-6H2,1-4H3,(H,11,13)(H,14,15). The van der Waals surface area contributed by atoms with Crippen molar-refractivity contribution >= 4 is 11.9 Å². The molecule has 0 heterocycles. The van der Waals surface area contributed by atoms with Gasteiger partial charge in [-0.25, -0.2) is 0 Å². The highest BCUT2D eigenvalue weighted by atomic mass is 16.4. The number of rotatable bonds is 6. The molecule has 0 aromatic heterocycles. The van der Waals surface area contributed by atoms with Crippen molar-refractivity contribution in [1.29, 1.82) is 0 Å². The van der Waals surface area contributed by atoms with Crippen molar-refractivity contribution in [1.82, 2.24) is 10.2 Å². The summed E-state index contributed by atoms with van der Waals surface area (Å²) in [5.74, 6) is -1.05. The van der Waals surface area contributed by atoms with Gasteiger partial charge >= 0.3 is 5.97 Å². The van der Waals surface area contributed by atoms with E-state index < -0.39 is 5.97 Å². The average molecular weight is 216 g/mol. The van der Waals surface area contributed by atoms with Crippen LogP contribution in [0.5, 0.6) is 0 Å². The number of hydrogen-bond donors (Lipinski definition) is 2. The molecule has 5 nitrogen and oxygen atoms in total. The van der Waals surface area contributed by atoms with Crippen molar-refractivity contribution in [3.63, 3.8) is 0 Å². The van der Waals surface area contributed by atoms with Crippen LogP contribution in [0.25, 0.3) is 0 Å². The quantitative estimate of drug-likeness (QED) is 0.670. The van der Waals surface area contributed by atoms with Gasteiger partial charge in [-0.3, -0.25) is 14.5 Å². The molecule has 0 aromatic carbocycles. The number of nitrogens with one attached hydrogen (secondary N) is 1. The maximum atomic E-state index is 11.4. The van der Waals surface area contributed by atoms with Gasteiger partial charge in [0.25, 0.3) is 0 Å². The summed E-state index contributed by atoms with van der Waals surface area (Å²) in [6, 6.07) is 0.121. The van der Waals surface area contributed by atoms with Gasteiger partial charge in [-0.15, -0.1) is 0 Å². The number of carboxylic acids is 1. The third kappa shape index (κ3) is 6.90. The number of hydrogen-bond acceptors (Lipinski definition) is 3. The summed E-state index contributed by atoms with van der Waals surface area (Å²) in [4.78, 5) is 23.6. The SMILES string of the molecule is CC(C)NC(=O)CN(CC(=O)O)C(C)C. The zero-order valence-electron chi connectivity index (χ0n) is 9.78. The first-order valence-electron chi connectivity index (χ1n) is 5.08. The highest BCUT2D eigenvalue weighted by molar-refractivity contribution is 5.79. The molecule has 0 aliphatic rings. The van der Waals surface area contributed by atoms with Gasteiger partial charge in [0.05, 0.1) is 13.1 Å². The third-order valence-electron chi connectivity index (χ3n) is 1.87. The number of amides is 1. The minimum atomic E-state index is -0.916. The zero-order valence-corrected chi connectivity index (χ0v) is 9.78. The average Bonchev–Trinajstić information content (AvgIpc) is 1.99. The summed E-state index contributed by atoms with van der Waals surface area (Å²) in [7, 11) is 0.